The van der Waals surface area contributed by atoms with Gasteiger partial charge in [0.05, 0.1) is 17.0 Å². The van der Waals surface area contributed by atoms with Gasteiger partial charge in [0.15, 0.2) is 0 Å². The minimum absolute atomic E-state index is 0.217. The zero-order valence-corrected chi connectivity index (χ0v) is 15.8. The van der Waals surface area contributed by atoms with Gasteiger partial charge in [-0.1, -0.05) is 5.16 Å². The fourth-order valence-corrected chi connectivity index (χ4v) is 3.02. The molecule has 1 atom stereocenters. The third kappa shape index (κ3) is 3.88. The van der Waals surface area contributed by atoms with Crippen LogP contribution in [0.2, 0.25) is 0 Å². The maximum Gasteiger partial charge on any atom is 0.223 e. The predicted molar refractivity (Wildman–Crippen MR) is 102 cm³/mol. The van der Waals surface area contributed by atoms with Crippen LogP contribution in [0.4, 0.5) is 5.95 Å². The van der Waals surface area contributed by atoms with E-state index >= 15 is 0 Å². The van der Waals surface area contributed by atoms with Crippen molar-refractivity contribution in [3.8, 4) is 22.4 Å². The van der Waals surface area contributed by atoms with Crippen molar-refractivity contribution >= 4 is 5.95 Å². The third-order valence-corrected chi connectivity index (χ3v) is 4.06. The van der Waals surface area contributed by atoms with Gasteiger partial charge in [0, 0.05) is 36.7 Å². The van der Waals surface area contributed by atoms with Crippen LogP contribution in [-0.2, 0) is 0 Å². The Morgan fingerprint density at radius 3 is 2.54 bits per heavy atom. The summed E-state index contributed by atoms with van der Waals surface area (Å²) in [6.45, 7) is 6.81. The van der Waals surface area contributed by atoms with Gasteiger partial charge in [-0.3, -0.25) is 4.98 Å². The van der Waals surface area contributed by atoms with Crippen molar-refractivity contribution in [2.45, 2.75) is 26.8 Å². The van der Waals surface area contributed by atoms with Crippen LogP contribution in [0, 0.1) is 13.8 Å². The van der Waals surface area contributed by atoms with Crippen molar-refractivity contribution in [2.24, 2.45) is 0 Å². The van der Waals surface area contributed by atoms with Crippen LogP contribution in [0.15, 0.2) is 35.2 Å². The Kier molecular flexibility index (Phi) is 5.27. The molecular weight excluding hydrogens is 328 g/mol. The predicted octanol–water partition coefficient (Wildman–Crippen LogP) is 3.17. The summed E-state index contributed by atoms with van der Waals surface area (Å²) >= 11 is 0. The zero-order chi connectivity index (χ0) is 18.7. The van der Waals surface area contributed by atoms with E-state index in [0.29, 0.717) is 5.95 Å². The summed E-state index contributed by atoms with van der Waals surface area (Å²) in [7, 11) is 4.09. The molecule has 0 aromatic carbocycles. The van der Waals surface area contributed by atoms with Gasteiger partial charge in [-0.15, -0.1) is 0 Å². The summed E-state index contributed by atoms with van der Waals surface area (Å²) < 4.78 is 5.36. The molecule has 0 aliphatic carbocycles. The topological polar surface area (TPSA) is 80.0 Å². The molecule has 136 valence electrons. The smallest absolute Gasteiger partial charge is 0.223 e. The summed E-state index contributed by atoms with van der Waals surface area (Å²) in [5.74, 6) is 1.33. The number of hydrogen-bond donors (Lipinski definition) is 1. The lowest BCUT2D eigenvalue weighted by Gasteiger charge is -2.19. The molecule has 0 spiro atoms. The van der Waals surface area contributed by atoms with Crippen LogP contribution < -0.4 is 5.32 Å². The summed E-state index contributed by atoms with van der Waals surface area (Å²) in [6, 6.07) is 4.11. The standard InChI is InChI=1S/C19H24N6O/c1-12(11-25(4)5)22-19-21-10-16(15-6-8-20-9-7-15)18(23-19)17-13(2)24-26-14(17)3/h6-10,12H,11H2,1-5H3,(H,21,22,23). The SMILES string of the molecule is Cc1noc(C)c1-c1nc(NC(C)CN(C)C)ncc1-c1ccncc1. The van der Waals surface area contributed by atoms with Crippen LogP contribution in [0.25, 0.3) is 22.4 Å². The molecule has 0 aliphatic heterocycles. The average molecular weight is 352 g/mol. The van der Waals surface area contributed by atoms with E-state index in [1.807, 2.05) is 46.3 Å². The van der Waals surface area contributed by atoms with Gasteiger partial charge in [0.25, 0.3) is 0 Å². The number of hydrogen-bond acceptors (Lipinski definition) is 7. The van der Waals surface area contributed by atoms with Gasteiger partial charge in [-0.25, -0.2) is 9.97 Å². The largest absolute Gasteiger partial charge is 0.361 e. The number of aryl methyl sites for hydroxylation is 2. The number of aromatic nitrogens is 4. The van der Waals surface area contributed by atoms with Crippen molar-refractivity contribution in [3.63, 3.8) is 0 Å². The number of likely N-dealkylation sites (N-methyl/N-ethyl adjacent to an activating group) is 1. The molecule has 0 saturated carbocycles. The monoisotopic (exact) mass is 352 g/mol. The van der Waals surface area contributed by atoms with Crippen LogP contribution >= 0.6 is 0 Å². The molecule has 7 nitrogen and oxygen atoms in total. The third-order valence-electron chi connectivity index (χ3n) is 4.06. The Bertz CT molecular complexity index is 855. The molecule has 0 amide bonds. The summed E-state index contributed by atoms with van der Waals surface area (Å²) in [5.41, 5.74) is 4.45. The van der Waals surface area contributed by atoms with E-state index in [1.165, 1.54) is 0 Å². The summed E-state index contributed by atoms with van der Waals surface area (Å²) in [6.07, 6.45) is 5.36. The molecule has 3 rings (SSSR count). The molecule has 0 radical (unpaired) electrons. The fraction of sp³-hybridized carbons (Fsp3) is 0.368. The summed E-state index contributed by atoms with van der Waals surface area (Å²) in [5, 5.41) is 7.45. The molecule has 1 N–H and O–H groups in total. The van der Waals surface area contributed by atoms with E-state index in [9.17, 15) is 0 Å². The molecular formula is C19H24N6O. The van der Waals surface area contributed by atoms with Crippen LogP contribution in [0.5, 0.6) is 0 Å². The maximum absolute atomic E-state index is 5.36. The minimum Gasteiger partial charge on any atom is -0.361 e. The number of rotatable bonds is 6. The first-order valence-electron chi connectivity index (χ1n) is 8.57. The number of anilines is 1. The highest BCUT2D eigenvalue weighted by molar-refractivity contribution is 5.82. The average Bonchev–Trinajstić information content (AvgIpc) is 2.93. The molecule has 0 aliphatic rings. The quantitative estimate of drug-likeness (QED) is 0.730. The lowest BCUT2D eigenvalue weighted by molar-refractivity contribution is 0.391. The first-order chi connectivity index (χ1) is 12.5. The first kappa shape index (κ1) is 18.0. The Hall–Kier alpha value is -2.80. The Morgan fingerprint density at radius 2 is 1.92 bits per heavy atom. The molecule has 7 heteroatoms. The van der Waals surface area contributed by atoms with Gasteiger partial charge in [0.1, 0.15) is 5.76 Å². The minimum atomic E-state index is 0.217. The summed E-state index contributed by atoms with van der Waals surface area (Å²) in [4.78, 5) is 15.5. The van der Waals surface area contributed by atoms with Gasteiger partial charge in [-0.2, -0.15) is 0 Å². The Morgan fingerprint density at radius 1 is 1.19 bits per heavy atom. The molecule has 0 bridgehead atoms. The molecule has 3 aromatic rings. The van der Waals surface area contributed by atoms with Crippen molar-refractivity contribution in [2.75, 3.05) is 26.0 Å². The molecule has 0 saturated heterocycles. The second kappa shape index (κ2) is 7.61. The van der Waals surface area contributed by atoms with Crippen molar-refractivity contribution in [1.29, 1.82) is 0 Å². The van der Waals surface area contributed by atoms with Crippen molar-refractivity contribution in [3.05, 3.63) is 42.2 Å². The Labute approximate surface area is 153 Å². The molecule has 1 unspecified atom stereocenters. The fourth-order valence-electron chi connectivity index (χ4n) is 3.02. The molecule has 3 aromatic heterocycles. The molecule has 0 fully saturated rings. The Balaban J connectivity index is 2.06. The zero-order valence-electron chi connectivity index (χ0n) is 15.8. The highest BCUT2D eigenvalue weighted by Crippen LogP contribution is 2.34. The van der Waals surface area contributed by atoms with Crippen molar-refractivity contribution < 1.29 is 4.52 Å². The van der Waals surface area contributed by atoms with Crippen LogP contribution in [0.3, 0.4) is 0 Å². The van der Waals surface area contributed by atoms with Gasteiger partial charge < -0.3 is 14.7 Å². The number of pyridine rings is 1. The first-order valence-corrected chi connectivity index (χ1v) is 8.57. The number of nitrogens with zero attached hydrogens (tertiary/aromatic N) is 5. The van der Waals surface area contributed by atoms with E-state index in [0.717, 1.165) is 40.4 Å². The van der Waals surface area contributed by atoms with Crippen molar-refractivity contribution in [1.82, 2.24) is 25.0 Å². The van der Waals surface area contributed by atoms with Gasteiger partial charge >= 0.3 is 0 Å². The number of nitrogens with one attached hydrogen (secondary N) is 1. The highest BCUT2D eigenvalue weighted by atomic mass is 16.5. The normalized spacial score (nSPS) is 12.4. The van der Waals surface area contributed by atoms with Crippen LogP contribution in [0.1, 0.15) is 18.4 Å². The van der Waals surface area contributed by atoms with E-state index < -0.39 is 0 Å². The van der Waals surface area contributed by atoms with E-state index in [4.69, 9.17) is 9.51 Å². The second-order valence-electron chi connectivity index (χ2n) is 6.70. The highest BCUT2D eigenvalue weighted by Gasteiger charge is 2.19. The molecule has 26 heavy (non-hydrogen) atoms. The maximum atomic E-state index is 5.36. The lowest BCUT2D eigenvalue weighted by atomic mass is 10.0. The van der Waals surface area contributed by atoms with E-state index in [-0.39, 0.29) is 6.04 Å². The second-order valence-corrected chi connectivity index (χ2v) is 6.70. The van der Waals surface area contributed by atoms with E-state index in [1.54, 1.807) is 12.4 Å². The van der Waals surface area contributed by atoms with E-state index in [2.05, 4.69) is 32.3 Å². The lowest BCUT2D eigenvalue weighted by Crippen LogP contribution is -2.30. The van der Waals surface area contributed by atoms with Gasteiger partial charge in [-0.05, 0) is 52.6 Å². The molecule has 3 heterocycles. The van der Waals surface area contributed by atoms with Crippen LogP contribution in [-0.4, -0.2) is 51.7 Å². The van der Waals surface area contributed by atoms with Gasteiger partial charge in [0.2, 0.25) is 5.95 Å².